The summed E-state index contributed by atoms with van der Waals surface area (Å²) in [6.45, 7) is -0.0986. The van der Waals surface area contributed by atoms with Crippen LogP contribution in [0.5, 0.6) is 0 Å². The molecule has 0 saturated carbocycles. The van der Waals surface area contributed by atoms with Crippen molar-refractivity contribution in [3.8, 4) is 0 Å². The number of carbonyl (C=O) groups excluding carboxylic acids is 2. The van der Waals surface area contributed by atoms with Gasteiger partial charge in [0, 0.05) is 18.7 Å². The van der Waals surface area contributed by atoms with E-state index >= 15 is 0 Å². The highest BCUT2D eigenvalue weighted by atomic mass is 19.4. The molecule has 0 bridgehead atoms. The topological polar surface area (TPSA) is 63.4 Å². The predicted octanol–water partition coefficient (Wildman–Crippen LogP) is 1.32. The lowest BCUT2D eigenvalue weighted by atomic mass is 9.98. The largest absolute Gasteiger partial charge is 0.471 e. The Balaban J connectivity index is 2.18. The smallest absolute Gasteiger partial charge is 0.334 e. The van der Waals surface area contributed by atoms with E-state index in [0.717, 1.165) is 16.0 Å². The van der Waals surface area contributed by atoms with Crippen molar-refractivity contribution in [2.45, 2.75) is 19.0 Å². The van der Waals surface area contributed by atoms with Crippen LogP contribution in [0.15, 0.2) is 18.2 Å². The van der Waals surface area contributed by atoms with Gasteiger partial charge in [0.1, 0.15) is 0 Å². The molecule has 0 fully saturated rings. The molecule has 0 atom stereocenters. The van der Waals surface area contributed by atoms with Crippen molar-refractivity contribution in [1.29, 1.82) is 0 Å². The zero-order valence-corrected chi connectivity index (χ0v) is 11.2. The van der Waals surface area contributed by atoms with Crippen molar-refractivity contribution in [2.24, 2.45) is 5.73 Å². The van der Waals surface area contributed by atoms with Crippen molar-refractivity contribution >= 4 is 11.7 Å². The maximum Gasteiger partial charge on any atom is 0.471 e. The van der Waals surface area contributed by atoms with E-state index < -0.39 is 12.1 Å². The van der Waals surface area contributed by atoms with E-state index in [2.05, 4.69) is 0 Å². The van der Waals surface area contributed by atoms with E-state index in [0.29, 0.717) is 18.4 Å². The van der Waals surface area contributed by atoms with Gasteiger partial charge >= 0.3 is 12.1 Å². The first kappa shape index (κ1) is 15.5. The van der Waals surface area contributed by atoms with E-state index in [1.165, 1.54) is 0 Å². The first-order valence-corrected chi connectivity index (χ1v) is 6.54. The summed E-state index contributed by atoms with van der Waals surface area (Å²) in [6.07, 6.45) is -4.21. The molecule has 4 nitrogen and oxygen atoms in total. The lowest BCUT2D eigenvalue weighted by Crippen LogP contribution is -2.42. The molecule has 7 heteroatoms. The predicted molar refractivity (Wildman–Crippen MR) is 69.9 cm³/mol. The van der Waals surface area contributed by atoms with Gasteiger partial charge in [-0.25, -0.2) is 0 Å². The van der Waals surface area contributed by atoms with Gasteiger partial charge in [-0.3, -0.25) is 9.59 Å². The molecule has 1 aliphatic heterocycles. The monoisotopic (exact) mass is 300 g/mol. The number of carbonyl (C=O) groups is 2. The van der Waals surface area contributed by atoms with Crippen molar-refractivity contribution in [3.05, 3.63) is 34.9 Å². The summed E-state index contributed by atoms with van der Waals surface area (Å²) < 4.78 is 37.4. The molecule has 0 aliphatic carbocycles. The number of Topliss-reactive ketones (excluding diaryl/α,β-unsaturated/α-hetero) is 1. The number of nitrogens with two attached hydrogens (primary N) is 1. The van der Waals surface area contributed by atoms with Gasteiger partial charge in [-0.05, 0) is 30.0 Å². The van der Waals surface area contributed by atoms with Gasteiger partial charge in [-0.1, -0.05) is 12.1 Å². The summed E-state index contributed by atoms with van der Waals surface area (Å²) in [4.78, 5) is 23.6. The van der Waals surface area contributed by atoms with Gasteiger partial charge in [0.2, 0.25) is 0 Å². The number of benzene rings is 1. The van der Waals surface area contributed by atoms with Crippen LogP contribution in [0.4, 0.5) is 13.2 Å². The lowest BCUT2D eigenvalue weighted by molar-refractivity contribution is -0.185. The molecule has 0 unspecified atom stereocenters. The van der Waals surface area contributed by atoms with Crippen molar-refractivity contribution < 1.29 is 22.8 Å². The summed E-state index contributed by atoms with van der Waals surface area (Å²) in [6, 6.07) is 5.00. The van der Waals surface area contributed by atoms with E-state index in [-0.39, 0.29) is 25.4 Å². The lowest BCUT2D eigenvalue weighted by Gasteiger charge is -2.21. The van der Waals surface area contributed by atoms with E-state index in [9.17, 15) is 22.8 Å². The van der Waals surface area contributed by atoms with Crippen LogP contribution in [0.3, 0.4) is 0 Å². The number of rotatable bonds is 2. The zero-order valence-electron chi connectivity index (χ0n) is 11.2. The molecule has 2 rings (SSSR count). The van der Waals surface area contributed by atoms with Gasteiger partial charge in [0.25, 0.3) is 0 Å². The maximum absolute atomic E-state index is 12.5. The van der Waals surface area contributed by atoms with Crippen LogP contribution in [0.2, 0.25) is 0 Å². The van der Waals surface area contributed by atoms with Crippen molar-refractivity contribution in [2.75, 3.05) is 19.6 Å². The number of nitrogens with zero attached hydrogens (tertiary/aromatic N) is 1. The Morgan fingerprint density at radius 1 is 1.14 bits per heavy atom. The summed E-state index contributed by atoms with van der Waals surface area (Å²) >= 11 is 0. The third-order valence-corrected chi connectivity index (χ3v) is 3.55. The number of ketones is 1. The summed E-state index contributed by atoms with van der Waals surface area (Å²) in [7, 11) is 0. The first-order chi connectivity index (χ1) is 9.82. The van der Waals surface area contributed by atoms with Crippen molar-refractivity contribution in [3.63, 3.8) is 0 Å². The number of fused-ring (bicyclic) bond motifs is 1. The van der Waals surface area contributed by atoms with Crippen LogP contribution >= 0.6 is 0 Å². The van der Waals surface area contributed by atoms with Gasteiger partial charge in [-0.15, -0.1) is 0 Å². The van der Waals surface area contributed by atoms with Gasteiger partial charge in [0.15, 0.2) is 5.78 Å². The molecule has 2 N–H and O–H groups in total. The second kappa shape index (κ2) is 5.85. The average Bonchev–Trinajstić information content (AvgIpc) is 2.66. The molecule has 1 amide bonds. The minimum absolute atomic E-state index is 0.00832. The fraction of sp³-hybridized carbons (Fsp3) is 0.429. The van der Waals surface area contributed by atoms with E-state index in [1.54, 1.807) is 18.2 Å². The highest BCUT2D eigenvalue weighted by Gasteiger charge is 2.42. The molecular formula is C14H15F3N2O2. The molecule has 1 heterocycles. The molecule has 0 radical (unpaired) electrons. The summed E-state index contributed by atoms with van der Waals surface area (Å²) in [5.74, 6) is -2.03. The fourth-order valence-electron chi connectivity index (χ4n) is 2.40. The molecule has 1 aliphatic rings. The second-order valence-corrected chi connectivity index (χ2v) is 4.90. The Hall–Kier alpha value is -1.89. The normalized spacial score (nSPS) is 15.3. The standard InChI is InChI=1S/C14H15F3N2O2/c15-14(16,17)13(21)19-5-3-9-1-2-11(12(20)8-18)7-10(9)4-6-19/h1-2,7H,3-6,8,18H2. The minimum Gasteiger partial charge on any atom is -0.334 e. The van der Waals surface area contributed by atoms with Crippen LogP contribution in [-0.4, -0.2) is 42.4 Å². The van der Waals surface area contributed by atoms with Gasteiger partial charge in [0.05, 0.1) is 6.54 Å². The molecule has 0 aromatic heterocycles. The fourth-order valence-corrected chi connectivity index (χ4v) is 2.40. The van der Waals surface area contributed by atoms with Crippen molar-refractivity contribution in [1.82, 2.24) is 4.90 Å². The third-order valence-electron chi connectivity index (χ3n) is 3.55. The number of halogens is 3. The Labute approximate surface area is 119 Å². The molecule has 114 valence electrons. The molecule has 1 aromatic rings. The third kappa shape index (κ3) is 3.41. The Bertz CT molecular complexity index is 570. The highest BCUT2D eigenvalue weighted by molar-refractivity contribution is 5.97. The zero-order chi connectivity index (χ0) is 15.6. The van der Waals surface area contributed by atoms with E-state index in [4.69, 9.17) is 5.73 Å². The number of amides is 1. The van der Waals surface area contributed by atoms with Crippen LogP contribution in [-0.2, 0) is 17.6 Å². The second-order valence-electron chi connectivity index (χ2n) is 4.90. The Kier molecular flexibility index (Phi) is 4.32. The molecule has 0 saturated heterocycles. The molecule has 21 heavy (non-hydrogen) atoms. The SMILES string of the molecule is NCC(=O)c1ccc2c(c1)CCN(C(=O)C(F)(F)F)CC2. The Morgan fingerprint density at radius 3 is 2.33 bits per heavy atom. The Morgan fingerprint density at radius 2 is 1.76 bits per heavy atom. The maximum atomic E-state index is 12.5. The summed E-state index contributed by atoms with van der Waals surface area (Å²) in [5, 5.41) is 0. The number of alkyl halides is 3. The minimum atomic E-state index is -4.85. The van der Waals surface area contributed by atoms with Crippen LogP contribution in [0, 0.1) is 0 Å². The summed E-state index contributed by atoms with van der Waals surface area (Å²) in [5.41, 5.74) is 7.40. The first-order valence-electron chi connectivity index (χ1n) is 6.54. The van der Waals surface area contributed by atoms with Crippen LogP contribution < -0.4 is 5.73 Å². The quantitative estimate of drug-likeness (QED) is 0.838. The van der Waals surface area contributed by atoms with E-state index in [1.807, 2.05) is 0 Å². The van der Waals surface area contributed by atoms with Crippen LogP contribution in [0.25, 0.3) is 0 Å². The molecule has 1 aromatic carbocycles. The van der Waals surface area contributed by atoms with Gasteiger partial charge < -0.3 is 10.6 Å². The number of hydrogen-bond donors (Lipinski definition) is 1. The average molecular weight is 300 g/mol. The van der Waals surface area contributed by atoms with Crippen LogP contribution in [0.1, 0.15) is 21.5 Å². The number of hydrogen-bond acceptors (Lipinski definition) is 3. The van der Waals surface area contributed by atoms with Gasteiger partial charge in [-0.2, -0.15) is 13.2 Å². The molecule has 0 spiro atoms. The highest BCUT2D eigenvalue weighted by Crippen LogP contribution is 2.23. The molecular weight excluding hydrogens is 285 g/mol.